The van der Waals surface area contributed by atoms with Crippen molar-refractivity contribution in [1.82, 2.24) is 4.57 Å². The van der Waals surface area contributed by atoms with Gasteiger partial charge in [-0.1, -0.05) is 0 Å². The van der Waals surface area contributed by atoms with Gasteiger partial charge in [0.1, 0.15) is 11.6 Å². The Morgan fingerprint density at radius 1 is 1.38 bits per heavy atom. The molecule has 0 aromatic carbocycles. The maximum atomic E-state index is 6.21. The van der Waals surface area contributed by atoms with Crippen molar-refractivity contribution < 1.29 is 4.42 Å². The van der Waals surface area contributed by atoms with E-state index in [9.17, 15) is 0 Å². The topological polar surface area (TPSA) is 47.3 Å². The summed E-state index contributed by atoms with van der Waals surface area (Å²) in [4.78, 5) is 2.23. The second kappa shape index (κ2) is 3.42. The monoisotopic (exact) mass is 217 g/mol. The van der Waals surface area contributed by atoms with Gasteiger partial charge in [0.25, 0.3) is 0 Å². The third-order valence-electron chi connectivity index (χ3n) is 3.19. The summed E-state index contributed by atoms with van der Waals surface area (Å²) in [6.45, 7) is 2.09. The molecule has 0 saturated carbocycles. The fourth-order valence-electron chi connectivity index (χ4n) is 2.33. The van der Waals surface area contributed by atoms with Gasteiger partial charge in [0.2, 0.25) is 0 Å². The smallest absolute Gasteiger partial charge is 0.125 e. The minimum atomic E-state index is -0.174. The molecule has 4 nitrogen and oxygen atoms in total. The average molecular weight is 217 g/mol. The maximum absolute atomic E-state index is 6.21. The van der Waals surface area contributed by atoms with Crippen LogP contribution < -0.4 is 10.6 Å². The van der Waals surface area contributed by atoms with Gasteiger partial charge in [0.05, 0.1) is 12.3 Å². The Morgan fingerprint density at radius 3 is 3.00 bits per heavy atom. The lowest BCUT2D eigenvalue weighted by molar-refractivity contribution is 0.490. The van der Waals surface area contributed by atoms with E-state index in [0.29, 0.717) is 0 Å². The quantitative estimate of drug-likeness (QED) is 0.830. The number of fused-ring (bicyclic) bond motifs is 1. The van der Waals surface area contributed by atoms with Crippen molar-refractivity contribution in [3.63, 3.8) is 0 Å². The fraction of sp³-hybridized carbons (Fsp3) is 0.333. The van der Waals surface area contributed by atoms with Crippen molar-refractivity contribution >= 4 is 5.82 Å². The molecule has 1 atom stereocenters. The van der Waals surface area contributed by atoms with Crippen LogP contribution in [-0.4, -0.2) is 18.2 Å². The zero-order valence-electron chi connectivity index (χ0n) is 9.26. The number of likely N-dealkylation sites (N-methyl/N-ethyl adjacent to an activating group) is 1. The van der Waals surface area contributed by atoms with E-state index < -0.39 is 0 Å². The van der Waals surface area contributed by atoms with E-state index in [2.05, 4.69) is 28.8 Å². The summed E-state index contributed by atoms with van der Waals surface area (Å²) in [6.07, 6.45) is 3.76. The number of hydrogen-bond acceptors (Lipinski definition) is 3. The summed E-state index contributed by atoms with van der Waals surface area (Å²) in [7, 11) is 2.09. The molecule has 0 radical (unpaired) electrons. The molecular weight excluding hydrogens is 202 g/mol. The van der Waals surface area contributed by atoms with Gasteiger partial charge in [-0.15, -0.1) is 0 Å². The van der Waals surface area contributed by atoms with Gasteiger partial charge in [-0.25, -0.2) is 0 Å². The summed E-state index contributed by atoms with van der Waals surface area (Å²) in [5.41, 5.74) is 7.34. The van der Waals surface area contributed by atoms with E-state index in [1.807, 2.05) is 12.1 Å². The second-order valence-corrected chi connectivity index (χ2v) is 4.20. The molecule has 3 heterocycles. The molecule has 0 bridgehead atoms. The van der Waals surface area contributed by atoms with Gasteiger partial charge in [-0.2, -0.15) is 0 Å². The van der Waals surface area contributed by atoms with Crippen LogP contribution in [0.5, 0.6) is 0 Å². The van der Waals surface area contributed by atoms with Crippen molar-refractivity contribution in [1.29, 1.82) is 0 Å². The highest BCUT2D eigenvalue weighted by molar-refractivity contribution is 5.54. The lowest BCUT2D eigenvalue weighted by atomic mass is 10.1. The second-order valence-electron chi connectivity index (χ2n) is 4.20. The minimum absolute atomic E-state index is 0.174. The molecule has 0 saturated heterocycles. The SMILES string of the molecule is CN1CCn2ccc(C(N)c3ccco3)c21. The molecule has 3 rings (SSSR count). The number of furan rings is 1. The number of rotatable bonds is 2. The lowest BCUT2D eigenvalue weighted by Crippen LogP contribution is -2.18. The number of nitrogens with zero attached hydrogens (tertiary/aromatic N) is 2. The third kappa shape index (κ3) is 1.27. The van der Waals surface area contributed by atoms with E-state index in [4.69, 9.17) is 10.2 Å². The Hall–Kier alpha value is -1.68. The van der Waals surface area contributed by atoms with Crippen LogP contribution in [0.1, 0.15) is 17.4 Å². The molecule has 2 aromatic heterocycles. The van der Waals surface area contributed by atoms with Crippen LogP contribution in [0.4, 0.5) is 5.82 Å². The van der Waals surface area contributed by atoms with Gasteiger partial charge in [-0.05, 0) is 18.2 Å². The molecule has 16 heavy (non-hydrogen) atoms. The predicted octanol–water partition coefficient (Wildman–Crippen LogP) is 1.58. The first-order valence-corrected chi connectivity index (χ1v) is 5.46. The minimum Gasteiger partial charge on any atom is -0.467 e. The van der Waals surface area contributed by atoms with Crippen molar-refractivity contribution in [2.45, 2.75) is 12.6 Å². The van der Waals surface area contributed by atoms with Crippen LogP contribution in [0, 0.1) is 0 Å². The Labute approximate surface area is 94.3 Å². The predicted molar refractivity (Wildman–Crippen MR) is 62.4 cm³/mol. The summed E-state index contributed by atoms with van der Waals surface area (Å²) in [6, 6.07) is 5.70. The zero-order chi connectivity index (χ0) is 11.1. The molecule has 0 fully saturated rings. The van der Waals surface area contributed by atoms with Gasteiger partial charge in [-0.3, -0.25) is 0 Å². The van der Waals surface area contributed by atoms with Crippen molar-refractivity contribution in [2.24, 2.45) is 5.73 Å². The first-order valence-electron chi connectivity index (χ1n) is 5.46. The maximum Gasteiger partial charge on any atom is 0.125 e. The fourth-order valence-corrected chi connectivity index (χ4v) is 2.33. The highest BCUT2D eigenvalue weighted by Crippen LogP contribution is 2.32. The summed E-state index contributed by atoms with van der Waals surface area (Å²) >= 11 is 0. The third-order valence-corrected chi connectivity index (χ3v) is 3.19. The highest BCUT2D eigenvalue weighted by Gasteiger charge is 2.24. The molecule has 0 aliphatic carbocycles. The molecule has 1 aliphatic rings. The van der Waals surface area contributed by atoms with Crippen molar-refractivity contribution in [2.75, 3.05) is 18.5 Å². The molecule has 0 spiro atoms. The Bertz CT molecular complexity index is 486. The summed E-state index contributed by atoms with van der Waals surface area (Å²) in [5.74, 6) is 2.03. The van der Waals surface area contributed by atoms with E-state index in [-0.39, 0.29) is 6.04 Å². The Balaban J connectivity index is 2.02. The molecule has 84 valence electrons. The van der Waals surface area contributed by atoms with E-state index >= 15 is 0 Å². The Kier molecular flexibility index (Phi) is 2.04. The molecule has 2 aromatic rings. The Morgan fingerprint density at radius 2 is 2.25 bits per heavy atom. The van der Waals surface area contributed by atoms with Crippen LogP contribution in [0.2, 0.25) is 0 Å². The number of anilines is 1. The lowest BCUT2D eigenvalue weighted by Gasteiger charge is -2.15. The molecule has 4 heteroatoms. The number of aromatic nitrogens is 1. The van der Waals surface area contributed by atoms with Crippen molar-refractivity contribution in [3.8, 4) is 0 Å². The molecule has 2 N–H and O–H groups in total. The van der Waals surface area contributed by atoms with Crippen LogP contribution >= 0.6 is 0 Å². The highest BCUT2D eigenvalue weighted by atomic mass is 16.3. The largest absolute Gasteiger partial charge is 0.467 e. The molecule has 1 aliphatic heterocycles. The van der Waals surface area contributed by atoms with Crippen LogP contribution in [0.25, 0.3) is 0 Å². The van der Waals surface area contributed by atoms with Crippen molar-refractivity contribution in [3.05, 3.63) is 42.0 Å². The van der Waals surface area contributed by atoms with E-state index in [1.165, 1.54) is 5.82 Å². The van der Waals surface area contributed by atoms with Gasteiger partial charge in [0.15, 0.2) is 0 Å². The number of nitrogens with two attached hydrogens (primary N) is 1. The first-order chi connectivity index (χ1) is 7.77. The van der Waals surface area contributed by atoms with Crippen LogP contribution in [0.3, 0.4) is 0 Å². The van der Waals surface area contributed by atoms with Gasteiger partial charge in [0, 0.05) is 31.9 Å². The van der Waals surface area contributed by atoms with E-state index in [1.54, 1.807) is 6.26 Å². The molecular formula is C12H15N3O. The molecule has 1 unspecified atom stereocenters. The first kappa shape index (κ1) is 9.54. The van der Waals surface area contributed by atoms with E-state index in [0.717, 1.165) is 24.4 Å². The number of hydrogen-bond donors (Lipinski definition) is 1. The molecule has 0 amide bonds. The summed E-state index contributed by atoms with van der Waals surface area (Å²) in [5, 5.41) is 0. The normalized spacial score (nSPS) is 16.5. The van der Waals surface area contributed by atoms with Gasteiger partial charge < -0.3 is 19.6 Å². The average Bonchev–Trinajstić information content (AvgIpc) is 2.95. The van der Waals surface area contributed by atoms with Crippen LogP contribution in [0.15, 0.2) is 35.1 Å². The summed E-state index contributed by atoms with van der Waals surface area (Å²) < 4.78 is 7.60. The zero-order valence-corrected chi connectivity index (χ0v) is 9.26. The van der Waals surface area contributed by atoms with Gasteiger partial charge >= 0.3 is 0 Å². The van der Waals surface area contributed by atoms with Crippen LogP contribution in [-0.2, 0) is 6.54 Å². The standard InChI is InChI=1S/C12H15N3O/c1-14-6-7-15-5-4-9(12(14)15)11(13)10-3-2-8-16-10/h2-5,8,11H,6-7,13H2,1H3.